The topological polar surface area (TPSA) is 12.0 Å². The van der Waals surface area contributed by atoms with E-state index in [9.17, 15) is 0 Å². The van der Waals surface area contributed by atoms with Crippen LogP contribution in [0.1, 0.15) is 37.5 Å². The van der Waals surface area contributed by atoms with Gasteiger partial charge in [0.2, 0.25) is 0 Å². The third-order valence-electron chi connectivity index (χ3n) is 3.62. The summed E-state index contributed by atoms with van der Waals surface area (Å²) in [7, 11) is 0. The molecule has 0 aliphatic heterocycles. The van der Waals surface area contributed by atoms with Gasteiger partial charge in [0.15, 0.2) is 0 Å². The summed E-state index contributed by atoms with van der Waals surface area (Å²) in [5.41, 5.74) is 6.61. The molecule has 0 saturated carbocycles. The zero-order valence-corrected chi connectivity index (χ0v) is 12.2. The first kappa shape index (κ1) is 13.7. The number of hydrogen-bond donors (Lipinski definition) is 1. The summed E-state index contributed by atoms with van der Waals surface area (Å²) in [4.78, 5) is 0. The Balaban J connectivity index is 2.18. The molecule has 0 atom stereocenters. The highest BCUT2D eigenvalue weighted by molar-refractivity contribution is 5.61. The first-order chi connectivity index (χ1) is 9.26. The summed E-state index contributed by atoms with van der Waals surface area (Å²) in [6, 6.07) is 15.4. The number of anilines is 2. The molecule has 0 heterocycles. The van der Waals surface area contributed by atoms with Gasteiger partial charge in [-0.05, 0) is 60.2 Å². The van der Waals surface area contributed by atoms with Crippen molar-refractivity contribution in [2.45, 2.75) is 40.0 Å². The van der Waals surface area contributed by atoms with E-state index >= 15 is 0 Å². The second-order valence-corrected chi connectivity index (χ2v) is 4.87. The van der Waals surface area contributed by atoms with Crippen LogP contribution >= 0.6 is 0 Å². The summed E-state index contributed by atoms with van der Waals surface area (Å²) in [5.74, 6) is 0. The van der Waals surface area contributed by atoms with Gasteiger partial charge >= 0.3 is 0 Å². The van der Waals surface area contributed by atoms with Crippen LogP contribution < -0.4 is 5.32 Å². The van der Waals surface area contributed by atoms with Crippen LogP contribution in [-0.4, -0.2) is 0 Å². The van der Waals surface area contributed by atoms with Crippen molar-refractivity contribution in [3.63, 3.8) is 0 Å². The van der Waals surface area contributed by atoms with Crippen LogP contribution in [0.4, 0.5) is 11.4 Å². The predicted molar refractivity (Wildman–Crippen MR) is 84.3 cm³/mol. The summed E-state index contributed by atoms with van der Waals surface area (Å²) < 4.78 is 0. The number of benzene rings is 2. The van der Waals surface area contributed by atoms with Crippen molar-refractivity contribution in [1.29, 1.82) is 0 Å². The third kappa shape index (κ3) is 3.37. The van der Waals surface area contributed by atoms with E-state index in [-0.39, 0.29) is 0 Å². The summed E-state index contributed by atoms with van der Waals surface area (Å²) >= 11 is 0. The summed E-state index contributed by atoms with van der Waals surface area (Å²) in [6.07, 6.45) is 3.29. The third-order valence-corrected chi connectivity index (χ3v) is 3.62. The first-order valence-electron chi connectivity index (χ1n) is 7.24. The Morgan fingerprint density at radius 1 is 0.684 bits per heavy atom. The molecular formula is C18H23N. The molecule has 0 aromatic heterocycles. The van der Waals surface area contributed by atoms with E-state index in [4.69, 9.17) is 0 Å². The van der Waals surface area contributed by atoms with Crippen LogP contribution in [0.15, 0.2) is 42.5 Å². The van der Waals surface area contributed by atoms with E-state index in [0.717, 1.165) is 24.9 Å². The average molecular weight is 253 g/mol. The number of nitrogens with one attached hydrogen (secondary N) is 1. The number of aryl methyl sites for hydroxylation is 3. The Morgan fingerprint density at radius 3 is 1.89 bits per heavy atom. The molecule has 19 heavy (non-hydrogen) atoms. The second kappa shape index (κ2) is 6.42. The van der Waals surface area contributed by atoms with E-state index in [1.54, 1.807) is 0 Å². The van der Waals surface area contributed by atoms with E-state index in [0.29, 0.717) is 0 Å². The summed E-state index contributed by atoms with van der Waals surface area (Å²) in [6.45, 7) is 6.61. The van der Waals surface area contributed by atoms with Crippen LogP contribution in [0.2, 0.25) is 0 Å². The smallest absolute Gasteiger partial charge is 0.0387 e. The normalized spacial score (nSPS) is 10.5. The minimum Gasteiger partial charge on any atom is -0.356 e. The fourth-order valence-corrected chi connectivity index (χ4v) is 2.37. The van der Waals surface area contributed by atoms with Gasteiger partial charge in [-0.3, -0.25) is 0 Å². The molecule has 0 saturated heterocycles. The van der Waals surface area contributed by atoms with Crippen LogP contribution in [0.25, 0.3) is 0 Å². The zero-order chi connectivity index (χ0) is 13.7. The maximum atomic E-state index is 3.48. The molecular weight excluding hydrogens is 230 g/mol. The molecule has 2 aromatic rings. The second-order valence-electron chi connectivity index (χ2n) is 4.87. The molecule has 1 N–H and O–H groups in total. The molecule has 0 fully saturated rings. The maximum Gasteiger partial charge on any atom is 0.0387 e. The van der Waals surface area contributed by atoms with E-state index < -0.39 is 0 Å². The average Bonchev–Trinajstić information content (AvgIpc) is 2.48. The van der Waals surface area contributed by atoms with Crippen molar-refractivity contribution >= 4 is 11.4 Å². The van der Waals surface area contributed by atoms with Crippen molar-refractivity contribution in [2.75, 3.05) is 5.32 Å². The van der Waals surface area contributed by atoms with Crippen LogP contribution in [0, 0.1) is 0 Å². The van der Waals surface area contributed by atoms with Crippen molar-refractivity contribution in [1.82, 2.24) is 0 Å². The molecule has 1 nitrogen and oxygen atoms in total. The quantitative estimate of drug-likeness (QED) is 0.780. The number of rotatable bonds is 5. The monoisotopic (exact) mass is 253 g/mol. The molecule has 100 valence electrons. The van der Waals surface area contributed by atoms with E-state index in [2.05, 4.69) is 68.6 Å². The minimum atomic E-state index is 1.09. The van der Waals surface area contributed by atoms with Crippen molar-refractivity contribution in [3.05, 3.63) is 59.2 Å². The highest BCUT2D eigenvalue weighted by atomic mass is 14.9. The Kier molecular flexibility index (Phi) is 4.62. The molecule has 0 radical (unpaired) electrons. The van der Waals surface area contributed by atoms with E-state index in [1.807, 2.05) is 0 Å². The van der Waals surface area contributed by atoms with Crippen LogP contribution in [0.3, 0.4) is 0 Å². The first-order valence-corrected chi connectivity index (χ1v) is 7.24. The summed E-state index contributed by atoms with van der Waals surface area (Å²) in [5, 5.41) is 3.48. The van der Waals surface area contributed by atoms with Gasteiger partial charge < -0.3 is 5.32 Å². The lowest BCUT2D eigenvalue weighted by Gasteiger charge is -2.11. The molecule has 1 heteroatoms. The van der Waals surface area contributed by atoms with Crippen molar-refractivity contribution in [3.8, 4) is 0 Å². The lowest BCUT2D eigenvalue weighted by molar-refractivity contribution is 1.04. The SMILES string of the molecule is CCc1ccc(Nc2ccc(CC)c(CC)c2)cc1. The zero-order valence-electron chi connectivity index (χ0n) is 12.2. The van der Waals surface area contributed by atoms with Crippen LogP contribution in [-0.2, 0) is 19.3 Å². The fraction of sp³-hybridized carbons (Fsp3) is 0.333. The Bertz CT molecular complexity index is 526. The molecule has 0 bridgehead atoms. The van der Waals surface area contributed by atoms with Gasteiger partial charge in [0, 0.05) is 11.4 Å². The minimum absolute atomic E-state index is 1.09. The van der Waals surface area contributed by atoms with Gasteiger partial charge in [0.1, 0.15) is 0 Å². The molecule has 0 amide bonds. The van der Waals surface area contributed by atoms with Gasteiger partial charge in [0.25, 0.3) is 0 Å². The Labute approximate surface area is 116 Å². The Hall–Kier alpha value is -1.76. The van der Waals surface area contributed by atoms with Gasteiger partial charge in [0.05, 0.1) is 0 Å². The van der Waals surface area contributed by atoms with Gasteiger partial charge in [-0.25, -0.2) is 0 Å². The van der Waals surface area contributed by atoms with Gasteiger partial charge in [-0.2, -0.15) is 0 Å². The standard InChI is InChI=1S/C18H23N/c1-4-14-7-10-17(11-8-14)19-18-12-9-15(5-2)16(6-3)13-18/h7-13,19H,4-6H2,1-3H3. The molecule has 2 rings (SSSR count). The molecule has 0 unspecified atom stereocenters. The largest absolute Gasteiger partial charge is 0.356 e. The molecule has 0 aliphatic rings. The van der Waals surface area contributed by atoms with Gasteiger partial charge in [-0.15, -0.1) is 0 Å². The molecule has 0 aliphatic carbocycles. The lowest BCUT2D eigenvalue weighted by Crippen LogP contribution is -1.95. The molecule has 0 spiro atoms. The van der Waals surface area contributed by atoms with Crippen molar-refractivity contribution in [2.24, 2.45) is 0 Å². The van der Waals surface area contributed by atoms with Crippen molar-refractivity contribution < 1.29 is 0 Å². The highest BCUT2D eigenvalue weighted by Crippen LogP contribution is 2.21. The van der Waals surface area contributed by atoms with E-state index in [1.165, 1.54) is 22.4 Å². The highest BCUT2D eigenvalue weighted by Gasteiger charge is 2.01. The Morgan fingerprint density at radius 2 is 1.32 bits per heavy atom. The molecule has 2 aromatic carbocycles. The van der Waals surface area contributed by atoms with Gasteiger partial charge in [-0.1, -0.05) is 39.0 Å². The van der Waals surface area contributed by atoms with Crippen LogP contribution in [0.5, 0.6) is 0 Å². The lowest BCUT2D eigenvalue weighted by atomic mass is 10.0. The fourth-order valence-electron chi connectivity index (χ4n) is 2.37. The number of hydrogen-bond acceptors (Lipinski definition) is 1. The maximum absolute atomic E-state index is 3.48. The predicted octanol–water partition coefficient (Wildman–Crippen LogP) is 5.12.